The number of nitrogens with one attached hydrogen (secondary N) is 1. The van der Waals surface area contributed by atoms with E-state index in [-0.39, 0.29) is 6.04 Å². The van der Waals surface area contributed by atoms with Gasteiger partial charge < -0.3 is 15.3 Å². The molecule has 2 heterocycles. The highest BCUT2D eigenvalue weighted by atomic mass is 16.3. The highest BCUT2D eigenvalue weighted by Gasteiger charge is 2.41. The Labute approximate surface area is 85.8 Å². The van der Waals surface area contributed by atoms with Gasteiger partial charge in [-0.05, 0) is 26.8 Å². The van der Waals surface area contributed by atoms with Crippen molar-refractivity contribution >= 4 is 0 Å². The Kier molecular flexibility index (Phi) is 2.64. The molecule has 0 bridgehead atoms. The summed E-state index contributed by atoms with van der Waals surface area (Å²) < 4.78 is 0. The molecule has 0 aromatic carbocycles. The summed E-state index contributed by atoms with van der Waals surface area (Å²) in [6, 6.07) is 0.642. The predicted molar refractivity (Wildman–Crippen MR) is 57.2 cm³/mol. The van der Waals surface area contributed by atoms with Crippen molar-refractivity contribution in [2.45, 2.75) is 37.5 Å². The molecule has 80 valence electrons. The molecule has 0 radical (unpaired) electrons. The maximum Gasteiger partial charge on any atom is 0.0862 e. The topological polar surface area (TPSA) is 35.5 Å². The summed E-state index contributed by atoms with van der Waals surface area (Å²) in [6.07, 6.45) is 5.95. The highest BCUT2D eigenvalue weighted by Crippen LogP contribution is 2.30. The lowest BCUT2D eigenvalue weighted by atomic mass is 9.81. The number of hydrogen-bond donors (Lipinski definition) is 2. The fraction of sp³-hybridized carbons (Fsp3) is 0.818. The molecule has 2 aliphatic heterocycles. The molecule has 0 spiro atoms. The van der Waals surface area contributed by atoms with Crippen LogP contribution in [-0.2, 0) is 0 Å². The second-order valence-corrected chi connectivity index (χ2v) is 4.70. The van der Waals surface area contributed by atoms with Gasteiger partial charge in [0.25, 0.3) is 0 Å². The summed E-state index contributed by atoms with van der Waals surface area (Å²) in [5.41, 5.74) is -0.529. The van der Waals surface area contributed by atoms with E-state index in [1.54, 1.807) is 0 Å². The van der Waals surface area contributed by atoms with Crippen LogP contribution in [0.4, 0.5) is 0 Å². The van der Waals surface area contributed by atoms with E-state index < -0.39 is 5.60 Å². The van der Waals surface area contributed by atoms with Crippen molar-refractivity contribution in [1.29, 1.82) is 0 Å². The Morgan fingerprint density at radius 1 is 1.57 bits per heavy atom. The average molecular weight is 196 g/mol. The number of rotatable bonds is 1. The van der Waals surface area contributed by atoms with Crippen LogP contribution in [0.1, 0.15) is 19.8 Å². The molecule has 3 atom stereocenters. The SMILES string of the molecule is CC1CC(O)(C2C=CCN2)CCN1C. The normalized spacial score (nSPS) is 44.5. The smallest absolute Gasteiger partial charge is 0.0862 e. The van der Waals surface area contributed by atoms with Crippen LogP contribution >= 0.6 is 0 Å². The van der Waals surface area contributed by atoms with E-state index >= 15 is 0 Å². The standard InChI is InChI=1S/C11H20N2O/c1-9-8-11(14,5-7-13(9)2)10-4-3-6-12-10/h3-4,9-10,12,14H,5-8H2,1-2H3. The second kappa shape index (κ2) is 3.65. The van der Waals surface area contributed by atoms with E-state index in [1.807, 2.05) is 0 Å². The van der Waals surface area contributed by atoms with E-state index in [1.165, 1.54) is 0 Å². The predicted octanol–water partition coefficient (Wildman–Crippen LogP) is 0.360. The first kappa shape index (κ1) is 10.1. The minimum Gasteiger partial charge on any atom is -0.388 e. The fourth-order valence-corrected chi connectivity index (χ4v) is 2.48. The van der Waals surface area contributed by atoms with Gasteiger partial charge in [0.2, 0.25) is 0 Å². The number of nitrogens with zero attached hydrogens (tertiary/aromatic N) is 1. The largest absolute Gasteiger partial charge is 0.388 e. The van der Waals surface area contributed by atoms with Crippen LogP contribution in [0.2, 0.25) is 0 Å². The Morgan fingerprint density at radius 3 is 2.93 bits per heavy atom. The van der Waals surface area contributed by atoms with Crippen LogP contribution in [0.25, 0.3) is 0 Å². The first-order chi connectivity index (χ1) is 6.62. The molecule has 3 unspecified atom stereocenters. The van der Waals surface area contributed by atoms with Crippen molar-refractivity contribution in [2.75, 3.05) is 20.1 Å². The third-order valence-corrected chi connectivity index (χ3v) is 3.66. The molecule has 14 heavy (non-hydrogen) atoms. The average Bonchev–Trinajstić information content (AvgIpc) is 2.65. The molecule has 1 saturated heterocycles. The number of likely N-dealkylation sites (tertiary alicyclic amines) is 1. The monoisotopic (exact) mass is 196 g/mol. The third kappa shape index (κ3) is 1.72. The van der Waals surface area contributed by atoms with Gasteiger partial charge in [0, 0.05) is 19.1 Å². The van der Waals surface area contributed by atoms with E-state index in [0.29, 0.717) is 6.04 Å². The van der Waals surface area contributed by atoms with E-state index in [2.05, 4.69) is 36.3 Å². The summed E-state index contributed by atoms with van der Waals surface area (Å²) in [4.78, 5) is 2.31. The summed E-state index contributed by atoms with van der Waals surface area (Å²) in [7, 11) is 2.13. The molecule has 3 nitrogen and oxygen atoms in total. The molecule has 2 rings (SSSR count). The number of aliphatic hydroxyl groups is 1. The van der Waals surface area contributed by atoms with Crippen molar-refractivity contribution in [3.8, 4) is 0 Å². The Morgan fingerprint density at radius 2 is 2.36 bits per heavy atom. The van der Waals surface area contributed by atoms with Crippen LogP contribution in [0, 0.1) is 0 Å². The zero-order chi connectivity index (χ0) is 10.2. The first-order valence-corrected chi connectivity index (χ1v) is 5.44. The zero-order valence-corrected chi connectivity index (χ0v) is 9.03. The van der Waals surface area contributed by atoms with Crippen LogP contribution in [0.5, 0.6) is 0 Å². The van der Waals surface area contributed by atoms with Gasteiger partial charge in [0.15, 0.2) is 0 Å². The molecule has 0 amide bonds. The van der Waals surface area contributed by atoms with Crippen molar-refractivity contribution in [3.63, 3.8) is 0 Å². The zero-order valence-electron chi connectivity index (χ0n) is 9.03. The van der Waals surface area contributed by atoms with E-state index in [9.17, 15) is 5.11 Å². The quantitative estimate of drug-likeness (QED) is 0.594. The molecular weight excluding hydrogens is 176 g/mol. The summed E-state index contributed by atoms with van der Waals surface area (Å²) in [5, 5.41) is 13.8. The molecule has 3 heteroatoms. The van der Waals surface area contributed by atoms with Gasteiger partial charge in [-0.1, -0.05) is 12.2 Å². The number of piperidine rings is 1. The lowest BCUT2D eigenvalue weighted by Gasteiger charge is -2.43. The first-order valence-electron chi connectivity index (χ1n) is 5.44. The van der Waals surface area contributed by atoms with Crippen LogP contribution in [0.15, 0.2) is 12.2 Å². The maximum atomic E-state index is 10.5. The fourth-order valence-electron chi connectivity index (χ4n) is 2.48. The molecule has 0 saturated carbocycles. The molecular formula is C11H20N2O. The minimum atomic E-state index is -0.529. The highest BCUT2D eigenvalue weighted by molar-refractivity contribution is 5.12. The molecule has 1 fully saturated rings. The van der Waals surface area contributed by atoms with Crippen molar-refractivity contribution < 1.29 is 5.11 Å². The van der Waals surface area contributed by atoms with Gasteiger partial charge in [0.05, 0.1) is 11.6 Å². The van der Waals surface area contributed by atoms with Crippen LogP contribution in [-0.4, -0.2) is 47.8 Å². The van der Waals surface area contributed by atoms with E-state index in [0.717, 1.165) is 25.9 Å². The van der Waals surface area contributed by atoms with Crippen LogP contribution < -0.4 is 5.32 Å². The van der Waals surface area contributed by atoms with Crippen molar-refractivity contribution in [1.82, 2.24) is 10.2 Å². The van der Waals surface area contributed by atoms with Crippen molar-refractivity contribution in [3.05, 3.63) is 12.2 Å². The van der Waals surface area contributed by atoms with Gasteiger partial charge in [0.1, 0.15) is 0 Å². The molecule has 0 aromatic heterocycles. The Bertz CT molecular complexity index is 241. The number of hydrogen-bond acceptors (Lipinski definition) is 3. The molecule has 0 aliphatic carbocycles. The molecule has 2 aliphatic rings. The lowest BCUT2D eigenvalue weighted by molar-refractivity contribution is -0.0497. The maximum absolute atomic E-state index is 10.5. The van der Waals surface area contributed by atoms with Gasteiger partial charge in [-0.25, -0.2) is 0 Å². The lowest BCUT2D eigenvalue weighted by Crippen LogP contribution is -2.56. The molecule has 2 N–H and O–H groups in total. The van der Waals surface area contributed by atoms with Crippen molar-refractivity contribution in [2.24, 2.45) is 0 Å². The summed E-state index contributed by atoms with van der Waals surface area (Å²) in [5.74, 6) is 0. The molecule has 0 aromatic rings. The minimum absolute atomic E-state index is 0.165. The summed E-state index contributed by atoms with van der Waals surface area (Å²) >= 11 is 0. The Hall–Kier alpha value is -0.380. The second-order valence-electron chi connectivity index (χ2n) is 4.70. The van der Waals surface area contributed by atoms with Gasteiger partial charge in [-0.15, -0.1) is 0 Å². The van der Waals surface area contributed by atoms with E-state index in [4.69, 9.17) is 0 Å². The third-order valence-electron chi connectivity index (χ3n) is 3.66. The Balaban J connectivity index is 2.05. The van der Waals surface area contributed by atoms with Gasteiger partial charge in [-0.3, -0.25) is 0 Å². The van der Waals surface area contributed by atoms with Gasteiger partial charge in [-0.2, -0.15) is 0 Å². The van der Waals surface area contributed by atoms with Crippen LogP contribution in [0.3, 0.4) is 0 Å². The van der Waals surface area contributed by atoms with Gasteiger partial charge >= 0.3 is 0 Å². The summed E-state index contributed by atoms with van der Waals surface area (Å²) in [6.45, 7) is 4.07.